The van der Waals surface area contributed by atoms with Crippen molar-refractivity contribution in [2.75, 3.05) is 0 Å². The van der Waals surface area contributed by atoms with Crippen LogP contribution >= 0.6 is 0 Å². The Bertz CT molecular complexity index is 890. The van der Waals surface area contributed by atoms with Crippen LogP contribution in [-0.2, 0) is 11.2 Å². The van der Waals surface area contributed by atoms with E-state index in [1.54, 1.807) is 12.1 Å². The molecule has 3 rings (SSSR count). The van der Waals surface area contributed by atoms with Crippen molar-refractivity contribution in [1.82, 2.24) is 5.32 Å². The van der Waals surface area contributed by atoms with Crippen molar-refractivity contribution in [2.24, 2.45) is 11.7 Å². The van der Waals surface area contributed by atoms with Crippen molar-refractivity contribution in [2.45, 2.75) is 44.2 Å². The second-order valence-electron chi connectivity index (χ2n) is 7.34. The predicted octanol–water partition coefficient (Wildman–Crippen LogP) is 3.29. The molecule has 0 aliphatic heterocycles. The van der Waals surface area contributed by atoms with Gasteiger partial charge in [-0.15, -0.1) is 0 Å². The average molecular weight is 372 g/mol. The zero-order chi connectivity index (χ0) is 19.9. The Hall–Kier alpha value is -3.15. The van der Waals surface area contributed by atoms with Crippen molar-refractivity contribution >= 4 is 5.91 Å². The monoisotopic (exact) mass is 372 g/mol. The third-order valence-corrected chi connectivity index (χ3v) is 5.37. The summed E-state index contributed by atoms with van der Waals surface area (Å²) in [6.45, 7) is 0. The van der Waals surface area contributed by atoms with E-state index >= 15 is 0 Å². The molecule has 5 heteroatoms. The van der Waals surface area contributed by atoms with Crippen LogP contribution in [0.15, 0.2) is 48.5 Å². The summed E-state index contributed by atoms with van der Waals surface area (Å²) in [4.78, 5) is 12.5. The molecule has 0 unspecified atom stereocenters. The summed E-state index contributed by atoms with van der Waals surface area (Å²) in [5.41, 5.74) is 9.76. The first-order chi connectivity index (χ1) is 13.6. The maximum Gasteiger partial charge on any atom is 0.225 e. The normalized spacial score (nSPS) is 19.8. The quantitative estimate of drug-likeness (QED) is 0.840. The maximum atomic E-state index is 12.5. The highest BCUT2D eigenvalue weighted by atomic mass is 16.2. The van der Waals surface area contributed by atoms with Crippen LogP contribution in [0.25, 0.3) is 11.1 Å². The Kier molecular flexibility index (Phi) is 6.42. The first kappa shape index (κ1) is 19.6. The molecule has 142 valence electrons. The summed E-state index contributed by atoms with van der Waals surface area (Å²) < 4.78 is 0. The van der Waals surface area contributed by atoms with Crippen molar-refractivity contribution < 1.29 is 4.79 Å². The first-order valence-electron chi connectivity index (χ1n) is 9.66. The summed E-state index contributed by atoms with van der Waals surface area (Å²) in [7, 11) is 0. The molecule has 0 radical (unpaired) electrons. The number of nitrogens with two attached hydrogens (primary N) is 1. The Morgan fingerprint density at radius 1 is 1.04 bits per heavy atom. The molecule has 1 fully saturated rings. The molecule has 2 aromatic carbocycles. The van der Waals surface area contributed by atoms with E-state index in [9.17, 15) is 10.1 Å². The Morgan fingerprint density at radius 3 is 2.21 bits per heavy atom. The van der Waals surface area contributed by atoms with Crippen molar-refractivity contribution in [3.63, 3.8) is 0 Å². The molecule has 1 aliphatic carbocycles. The molecule has 2 aromatic rings. The number of carbonyl (C=O) groups is 1. The lowest BCUT2D eigenvalue weighted by atomic mass is 9.84. The minimum absolute atomic E-state index is 0.104. The van der Waals surface area contributed by atoms with Gasteiger partial charge in [-0.25, -0.2) is 0 Å². The van der Waals surface area contributed by atoms with E-state index in [1.807, 2.05) is 36.4 Å². The Morgan fingerprint density at radius 2 is 1.64 bits per heavy atom. The molecule has 0 aromatic heterocycles. The van der Waals surface area contributed by atoms with Crippen molar-refractivity contribution in [3.8, 4) is 23.3 Å². The lowest BCUT2D eigenvalue weighted by Gasteiger charge is -2.28. The zero-order valence-electron chi connectivity index (χ0n) is 15.8. The van der Waals surface area contributed by atoms with Gasteiger partial charge < -0.3 is 11.1 Å². The Balaban J connectivity index is 1.62. The van der Waals surface area contributed by atoms with Gasteiger partial charge in [0.05, 0.1) is 23.6 Å². The number of nitrogens with one attached hydrogen (secondary N) is 1. The second kappa shape index (κ2) is 9.17. The lowest BCUT2D eigenvalue weighted by molar-refractivity contribution is -0.126. The number of hydrogen-bond acceptors (Lipinski definition) is 4. The number of carbonyl (C=O) groups excluding carboxylic acids is 1. The summed E-state index contributed by atoms with van der Waals surface area (Å²) in [5, 5.41) is 21.2. The molecule has 28 heavy (non-hydrogen) atoms. The maximum absolute atomic E-state index is 12.5. The summed E-state index contributed by atoms with van der Waals surface area (Å²) in [5.74, 6) is -0.295. The van der Waals surface area contributed by atoms with Gasteiger partial charge in [0.2, 0.25) is 5.91 Å². The smallest absolute Gasteiger partial charge is 0.225 e. The van der Waals surface area contributed by atoms with Crippen molar-refractivity contribution in [3.05, 3.63) is 59.7 Å². The van der Waals surface area contributed by atoms with Gasteiger partial charge in [0.15, 0.2) is 0 Å². The highest BCUT2D eigenvalue weighted by Crippen LogP contribution is 2.24. The van der Waals surface area contributed by atoms with Gasteiger partial charge in [-0.05, 0) is 41.7 Å². The van der Waals surface area contributed by atoms with E-state index in [0.717, 1.165) is 42.4 Å². The van der Waals surface area contributed by atoms with Gasteiger partial charge in [-0.3, -0.25) is 4.79 Å². The van der Waals surface area contributed by atoms with Crippen molar-refractivity contribution in [1.29, 1.82) is 10.5 Å². The highest BCUT2D eigenvalue weighted by molar-refractivity contribution is 5.80. The van der Waals surface area contributed by atoms with Crippen LogP contribution in [0.2, 0.25) is 0 Å². The number of nitriles is 2. The largest absolute Gasteiger partial charge is 0.340 e. The first-order valence-corrected chi connectivity index (χ1v) is 9.66. The molecular weight excluding hydrogens is 348 g/mol. The van der Waals surface area contributed by atoms with E-state index < -0.39 is 6.04 Å². The fourth-order valence-corrected chi connectivity index (χ4v) is 3.70. The molecule has 0 spiro atoms. The minimum atomic E-state index is -0.567. The SMILES string of the molecule is N#Cc1ccc(-c2ccc(C[C@@H](C#N)NC(=O)[C@H]3CCCC[C@@H]3N)cc2)cc1. The molecule has 0 saturated heterocycles. The van der Waals surface area contributed by atoms with Gasteiger partial charge in [-0.2, -0.15) is 10.5 Å². The molecule has 0 heterocycles. The summed E-state index contributed by atoms with van der Waals surface area (Å²) in [6.07, 6.45) is 4.20. The number of amides is 1. The van der Waals surface area contributed by atoms with Crippen LogP contribution in [0.3, 0.4) is 0 Å². The number of nitrogens with zero attached hydrogens (tertiary/aromatic N) is 2. The van der Waals surface area contributed by atoms with Crippen LogP contribution in [0.1, 0.15) is 36.8 Å². The van der Waals surface area contributed by atoms with Gasteiger partial charge in [0.1, 0.15) is 6.04 Å². The fourth-order valence-electron chi connectivity index (χ4n) is 3.70. The number of benzene rings is 2. The van der Waals surface area contributed by atoms with E-state index in [2.05, 4.69) is 17.5 Å². The highest BCUT2D eigenvalue weighted by Gasteiger charge is 2.29. The van der Waals surface area contributed by atoms with Gasteiger partial charge in [-0.1, -0.05) is 49.2 Å². The topological polar surface area (TPSA) is 103 Å². The van der Waals surface area contributed by atoms with Gasteiger partial charge in [0, 0.05) is 12.5 Å². The Labute approximate surface area is 165 Å². The molecule has 3 N–H and O–H groups in total. The van der Waals surface area contributed by atoms with Gasteiger partial charge in [0.25, 0.3) is 0 Å². The number of rotatable bonds is 5. The molecule has 0 bridgehead atoms. The third-order valence-electron chi connectivity index (χ3n) is 5.37. The second-order valence-corrected chi connectivity index (χ2v) is 7.34. The van der Waals surface area contributed by atoms with E-state index in [-0.39, 0.29) is 17.9 Å². The molecular formula is C23H24N4O. The van der Waals surface area contributed by atoms with Crippen LogP contribution in [0.4, 0.5) is 0 Å². The molecule has 1 amide bonds. The van der Waals surface area contributed by atoms with Crippen LogP contribution < -0.4 is 11.1 Å². The standard InChI is InChI=1S/C23H24N4O/c24-14-17-7-11-19(12-8-17)18-9-5-16(6-10-18)13-20(15-25)27-23(28)21-3-1-2-4-22(21)26/h5-12,20-22H,1-4,13,26H2,(H,27,28)/t20-,21-,22-/m0/s1. The van der Waals surface area contributed by atoms with E-state index in [4.69, 9.17) is 11.0 Å². The molecule has 5 nitrogen and oxygen atoms in total. The van der Waals surface area contributed by atoms with Crippen LogP contribution in [-0.4, -0.2) is 18.0 Å². The van der Waals surface area contributed by atoms with Crippen LogP contribution in [0.5, 0.6) is 0 Å². The molecule has 1 saturated carbocycles. The predicted molar refractivity (Wildman–Crippen MR) is 108 cm³/mol. The van der Waals surface area contributed by atoms with E-state index in [0.29, 0.717) is 12.0 Å². The number of hydrogen-bond donors (Lipinski definition) is 2. The zero-order valence-corrected chi connectivity index (χ0v) is 15.8. The molecule has 1 aliphatic rings. The summed E-state index contributed by atoms with van der Waals surface area (Å²) >= 11 is 0. The van der Waals surface area contributed by atoms with Crippen LogP contribution in [0, 0.1) is 28.6 Å². The molecule has 3 atom stereocenters. The average Bonchev–Trinajstić information content (AvgIpc) is 2.74. The van der Waals surface area contributed by atoms with E-state index in [1.165, 1.54) is 0 Å². The lowest BCUT2D eigenvalue weighted by Crippen LogP contribution is -2.47. The fraction of sp³-hybridized carbons (Fsp3) is 0.348. The minimum Gasteiger partial charge on any atom is -0.340 e. The summed E-state index contributed by atoms with van der Waals surface area (Å²) in [6, 6.07) is 19.0. The third kappa shape index (κ3) is 4.76. The van der Waals surface area contributed by atoms with Gasteiger partial charge >= 0.3 is 0 Å².